The monoisotopic (exact) mass is 385 g/mol. The second kappa shape index (κ2) is 8.25. The van der Waals surface area contributed by atoms with Crippen LogP contribution in [0.25, 0.3) is 5.69 Å². The van der Waals surface area contributed by atoms with Crippen LogP contribution in [-0.2, 0) is 11.2 Å². The van der Waals surface area contributed by atoms with Crippen LogP contribution in [0.4, 0.5) is 0 Å². The van der Waals surface area contributed by atoms with Crippen LogP contribution in [0.5, 0.6) is 0 Å². The van der Waals surface area contributed by atoms with Gasteiger partial charge in [0.2, 0.25) is 0 Å². The van der Waals surface area contributed by atoms with E-state index in [1.807, 2.05) is 42.5 Å². The van der Waals surface area contributed by atoms with E-state index in [0.717, 1.165) is 53.3 Å². The van der Waals surface area contributed by atoms with E-state index in [1.165, 1.54) is 5.56 Å². The molecule has 0 aliphatic carbocycles. The zero-order chi connectivity index (χ0) is 17.8. The van der Waals surface area contributed by atoms with Gasteiger partial charge in [0.1, 0.15) is 5.82 Å². The number of halogens is 1. The third-order valence-electron chi connectivity index (χ3n) is 4.41. The smallest absolute Gasteiger partial charge is 0.195 e. The number of thioether (sulfide) groups is 1. The number of hydrogen-bond acceptors (Lipinski definition) is 4. The Morgan fingerprint density at radius 3 is 2.62 bits per heavy atom. The molecule has 1 fully saturated rings. The summed E-state index contributed by atoms with van der Waals surface area (Å²) in [5.74, 6) is 1.82. The minimum Gasteiger partial charge on any atom is -0.377 e. The summed E-state index contributed by atoms with van der Waals surface area (Å²) in [5.41, 5.74) is 2.24. The zero-order valence-corrected chi connectivity index (χ0v) is 15.9. The van der Waals surface area contributed by atoms with Gasteiger partial charge in [-0.25, -0.2) is 0 Å². The number of nitrogens with zero attached hydrogens (tertiary/aromatic N) is 3. The number of ether oxygens (including phenoxy) is 1. The van der Waals surface area contributed by atoms with Crippen molar-refractivity contribution in [3.8, 4) is 5.69 Å². The Labute approximate surface area is 162 Å². The summed E-state index contributed by atoms with van der Waals surface area (Å²) in [5, 5.41) is 10.6. The molecule has 4 rings (SSSR count). The summed E-state index contributed by atoms with van der Waals surface area (Å²) >= 11 is 7.77. The molecule has 6 heteroatoms. The molecule has 1 aliphatic rings. The minimum absolute atomic E-state index is 0.313. The first-order valence-corrected chi connectivity index (χ1v) is 10.1. The highest BCUT2D eigenvalue weighted by Gasteiger charge is 2.20. The second-order valence-electron chi connectivity index (χ2n) is 6.32. The normalized spacial score (nSPS) is 16.9. The molecule has 0 amide bonds. The maximum absolute atomic E-state index is 6.07. The van der Waals surface area contributed by atoms with Crippen LogP contribution in [0.1, 0.15) is 24.2 Å². The van der Waals surface area contributed by atoms with Crippen molar-refractivity contribution in [3.63, 3.8) is 0 Å². The van der Waals surface area contributed by atoms with Crippen molar-refractivity contribution in [2.75, 3.05) is 12.4 Å². The molecule has 0 radical (unpaired) electrons. The van der Waals surface area contributed by atoms with Crippen molar-refractivity contribution in [2.24, 2.45) is 0 Å². The van der Waals surface area contributed by atoms with E-state index in [1.54, 1.807) is 11.8 Å². The molecule has 1 aliphatic heterocycles. The summed E-state index contributed by atoms with van der Waals surface area (Å²) in [7, 11) is 0. The van der Waals surface area contributed by atoms with Gasteiger partial charge in [-0.15, -0.1) is 10.2 Å². The molecule has 1 atom stereocenters. The van der Waals surface area contributed by atoms with Crippen molar-refractivity contribution >= 4 is 23.4 Å². The summed E-state index contributed by atoms with van der Waals surface area (Å²) in [6.45, 7) is 0.869. The molecule has 0 bridgehead atoms. The van der Waals surface area contributed by atoms with E-state index in [9.17, 15) is 0 Å². The van der Waals surface area contributed by atoms with Crippen molar-refractivity contribution < 1.29 is 4.74 Å². The van der Waals surface area contributed by atoms with Crippen molar-refractivity contribution in [1.29, 1.82) is 0 Å². The van der Waals surface area contributed by atoms with Gasteiger partial charge in [-0.1, -0.05) is 53.7 Å². The molecule has 0 saturated carbocycles. The fourth-order valence-electron chi connectivity index (χ4n) is 3.08. The van der Waals surface area contributed by atoms with Crippen molar-refractivity contribution in [1.82, 2.24) is 14.8 Å². The number of benzene rings is 2. The topological polar surface area (TPSA) is 39.9 Å². The van der Waals surface area contributed by atoms with Gasteiger partial charge in [0.25, 0.3) is 0 Å². The molecule has 0 spiro atoms. The average molecular weight is 386 g/mol. The molecule has 134 valence electrons. The van der Waals surface area contributed by atoms with E-state index in [-0.39, 0.29) is 0 Å². The lowest BCUT2D eigenvalue weighted by atomic mass is 10.1. The number of hydrogen-bond donors (Lipinski definition) is 0. The fraction of sp³-hybridized carbons (Fsp3) is 0.300. The molecule has 2 aromatic carbocycles. The van der Waals surface area contributed by atoms with Gasteiger partial charge >= 0.3 is 0 Å². The average Bonchev–Trinajstić information content (AvgIpc) is 3.32. The van der Waals surface area contributed by atoms with E-state index in [4.69, 9.17) is 16.3 Å². The SMILES string of the molecule is Clc1ccc(-n2c(Cc3ccccc3)nnc2SC[C@@H]2CCCO2)cc1. The van der Waals surface area contributed by atoms with E-state index in [2.05, 4.69) is 26.9 Å². The molecular weight excluding hydrogens is 366 g/mol. The van der Waals surface area contributed by atoms with Gasteiger partial charge in [0.05, 0.1) is 6.10 Å². The Kier molecular flexibility index (Phi) is 5.58. The Bertz CT molecular complexity index is 845. The first-order valence-electron chi connectivity index (χ1n) is 8.78. The Hall–Kier alpha value is -1.82. The molecule has 0 N–H and O–H groups in total. The largest absolute Gasteiger partial charge is 0.377 e. The summed E-state index contributed by atoms with van der Waals surface area (Å²) < 4.78 is 7.87. The summed E-state index contributed by atoms with van der Waals surface area (Å²) in [4.78, 5) is 0. The summed E-state index contributed by atoms with van der Waals surface area (Å²) in [6, 6.07) is 18.2. The van der Waals surface area contributed by atoms with E-state index < -0.39 is 0 Å². The minimum atomic E-state index is 0.313. The molecule has 4 nitrogen and oxygen atoms in total. The van der Waals surface area contributed by atoms with Gasteiger partial charge in [-0.2, -0.15) is 0 Å². The second-order valence-corrected chi connectivity index (χ2v) is 7.74. The highest BCUT2D eigenvalue weighted by atomic mass is 35.5. The van der Waals surface area contributed by atoms with Gasteiger partial charge in [-0.3, -0.25) is 4.57 Å². The van der Waals surface area contributed by atoms with Crippen molar-refractivity contribution in [2.45, 2.75) is 30.5 Å². The van der Waals surface area contributed by atoms with Gasteiger partial charge < -0.3 is 4.74 Å². The Balaban J connectivity index is 1.63. The first-order chi connectivity index (χ1) is 12.8. The lowest BCUT2D eigenvalue weighted by Crippen LogP contribution is -2.09. The van der Waals surface area contributed by atoms with Gasteiger partial charge in [0.15, 0.2) is 5.16 Å². The standard InChI is InChI=1S/C20H20ClN3OS/c21-16-8-10-17(11-9-16)24-19(13-15-5-2-1-3-6-15)22-23-20(24)26-14-18-7-4-12-25-18/h1-3,5-6,8-11,18H,4,7,12-14H2/t18-/m0/s1. The molecule has 0 unspecified atom stereocenters. The van der Waals surface area contributed by atoms with Crippen LogP contribution in [-0.4, -0.2) is 33.2 Å². The Morgan fingerprint density at radius 2 is 1.88 bits per heavy atom. The predicted octanol–water partition coefficient (Wildman–Crippen LogP) is 4.78. The number of aromatic nitrogens is 3. The third-order valence-corrected chi connectivity index (χ3v) is 5.73. The predicted molar refractivity (Wildman–Crippen MR) is 105 cm³/mol. The van der Waals surface area contributed by atoms with Crippen LogP contribution >= 0.6 is 23.4 Å². The van der Waals surface area contributed by atoms with Crippen molar-refractivity contribution in [3.05, 3.63) is 71.0 Å². The lowest BCUT2D eigenvalue weighted by molar-refractivity contribution is 0.129. The maximum atomic E-state index is 6.07. The van der Waals surface area contributed by atoms with Crippen LogP contribution in [0, 0.1) is 0 Å². The van der Waals surface area contributed by atoms with Gasteiger partial charge in [0, 0.05) is 29.5 Å². The zero-order valence-electron chi connectivity index (χ0n) is 14.3. The maximum Gasteiger partial charge on any atom is 0.195 e. The highest BCUT2D eigenvalue weighted by molar-refractivity contribution is 7.99. The first kappa shape index (κ1) is 17.6. The van der Waals surface area contributed by atoms with Gasteiger partial charge in [-0.05, 0) is 42.7 Å². The number of rotatable bonds is 6. The van der Waals surface area contributed by atoms with Crippen LogP contribution in [0.2, 0.25) is 5.02 Å². The molecule has 26 heavy (non-hydrogen) atoms. The third kappa shape index (κ3) is 4.11. The Morgan fingerprint density at radius 1 is 1.08 bits per heavy atom. The molecule has 3 aromatic rings. The quantitative estimate of drug-likeness (QED) is 0.572. The lowest BCUT2D eigenvalue weighted by Gasteiger charge is -2.12. The fourth-order valence-corrected chi connectivity index (χ4v) is 4.24. The molecular formula is C20H20ClN3OS. The van der Waals surface area contributed by atoms with E-state index in [0.29, 0.717) is 6.10 Å². The van der Waals surface area contributed by atoms with Crippen LogP contribution in [0.15, 0.2) is 59.8 Å². The highest BCUT2D eigenvalue weighted by Crippen LogP contribution is 2.27. The molecule has 2 heterocycles. The summed E-state index contributed by atoms with van der Waals surface area (Å²) in [6.07, 6.45) is 3.32. The molecule has 1 saturated heterocycles. The molecule has 1 aromatic heterocycles. The van der Waals surface area contributed by atoms with Crippen LogP contribution < -0.4 is 0 Å². The van der Waals surface area contributed by atoms with Crippen LogP contribution in [0.3, 0.4) is 0 Å². The van der Waals surface area contributed by atoms with E-state index >= 15 is 0 Å².